The first kappa shape index (κ1) is 17.5. The maximum absolute atomic E-state index is 10.8. The number of carboxylic acids is 1. The summed E-state index contributed by atoms with van der Waals surface area (Å²) in [6.45, 7) is 1.39. The van der Waals surface area contributed by atoms with Crippen molar-refractivity contribution in [1.82, 2.24) is 0 Å². The third-order valence-corrected chi connectivity index (χ3v) is 2.44. The molecule has 5 nitrogen and oxygen atoms in total. The molecule has 19 heavy (non-hydrogen) atoms. The maximum atomic E-state index is 10.8. The molecule has 1 aromatic rings. The Morgan fingerprint density at radius 2 is 1.95 bits per heavy atom. The van der Waals surface area contributed by atoms with Crippen molar-refractivity contribution in [1.29, 1.82) is 0 Å². The topological polar surface area (TPSA) is 66.8 Å². The van der Waals surface area contributed by atoms with Crippen molar-refractivity contribution in [3.05, 3.63) is 23.8 Å². The first-order chi connectivity index (χ1) is 8.29. The van der Waals surface area contributed by atoms with Gasteiger partial charge < -0.3 is 31.8 Å². The molecular formula is C13H20ClNO4. The summed E-state index contributed by atoms with van der Waals surface area (Å²) in [5, 5.41) is 18.4. The van der Waals surface area contributed by atoms with Crippen molar-refractivity contribution in [3.63, 3.8) is 0 Å². The van der Waals surface area contributed by atoms with E-state index in [-0.39, 0.29) is 29.5 Å². The monoisotopic (exact) mass is 289 g/mol. The molecule has 0 aliphatic heterocycles. The summed E-state index contributed by atoms with van der Waals surface area (Å²) in [7, 11) is 6.26. The molecule has 0 heterocycles. The molecule has 0 saturated heterocycles. The lowest BCUT2D eigenvalue weighted by molar-refractivity contribution is -0.870. The lowest BCUT2D eigenvalue weighted by Crippen LogP contribution is -3.00. The van der Waals surface area contributed by atoms with Gasteiger partial charge in [-0.15, -0.1) is 0 Å². The number of halogens is 1. The summed E-state index contributed by atoms with van der Waals surface area (Å²) in [4.78, 5) is 10.8. The van der Waals surface area contributed by atoms with E-state index >= 15 is 0 Å². The number of ether oxygens (including phenoxy) is 1. The van der Waals surface area contributed by atoms with Crippen molar-refractivity contribution >= 4 is 5.97 Å². The summed E-state index contributed by atoms with van der Waals surface area (Å²) in [6.07, 6.45) is 0.834. The average Bonchev–Trinajstić information content (AvgIpc) is 2.24. The Balaban J connectivity index is 0.00000324. The molecule has 0 atom stereocenters. The fourth-order valence-electron chi connectivity index (χ4n) is 1.48. The molecule has 1 rings (SSSR count). The molecule has 2 N–H and O–H groups in total. The number of phenols is 1. The van der Waals surface area contributed by atoms with E-state index in [4.69, 9.17) is 9.84 Å². The summed E-state index contributed by atoms with van der Waals surface area (Å²) < 4.78 is 6.24. The van der Waals surface area contributed by atoms with Crippen molar-refractivity contribution in [2.45, 2.75) is 6.42 Å². The molecule has 0 aromatic heterocycles. The van der Waals surface area contributed by atoms with E-state index in [9.17, 15) is 9.90 Å². The summed E-state index contributed by atoms with van der Waals surface area (Å²) in [5.74, 6) is -0.854. The normalized spacial score (nSPS) is 10.7. The highest BCUT2D eigenvalue weighted by Gasteiger charge is 2.10. The fraction of sp³-hybridized carbons (Fsp3) is 0.462. The molecule has 0 unspecified atom stereocenters. The SMILES string of the molecule is C[N+](C)(C)CCCOc1cc(C(=O)O)ccc1O.[Cl-]. The van der Waals surface area contributed by atoms with Crippen molar-refractivity contribution in [2.24, 2.45) is 0 Å². The Bertz CT molecular complexity index is 429. The Labute approximate surface area is 119 Å². The van der Waals surface area contributed by atoms with Gasteiger partial charge in [0.05, 0.1) is 39.9 Å². The Kier molecular flexibility index (Phi) is 6.65. The van der Waals surface area contributed by atoms with E-state index in [1.807, 2.05) is 0 Å². The number of benzene rings is 1. The van der Waals surface area contributed by atoms with E-state index in [0.29, 0.717) is 6.61 Å². The van der Waals surface area contributed by atoms with Crippen LogP contribution in [0.25, 0.3) is 0 Å². The fourth-order valence-corrected chi connectivity index (χ4v) is 1.48. The number of carbonyl (C=O) groups is 1. The van der Waals surface area contributed by atoms with E-state index in [2.05, 4.69) is 21.1 Å². The van der Waals surface area contributed by atoms with Gasteiger partial charge in [-0.05, 0) is 18.2 Å². The number of aromatic hydroxyl groups is 1. The van der Waals surface area contributed by atoms with Crippen molar-refractivity contribution in [3.8, 4) is 11.5 Å². The van der Waals surface area contributed by atoms with Crippen LogP contribution in [0.3, 0.4) is 0 Å². The quantitative estimate of drug-likeness (QED) is 0.498. The highest BCUT2D eigenvalue weighted by molar-refractivity contribution is 5.88. The molecule has 108 valence electrons. The third-order valence-electron chi connectivity index (χ3n) is 2.44. The van der Waals surface area contributed by atoms with Crippen molar-refractivity contribution in [2.75, 3.05) is 34.3 Å². The molecule has 0 radical (unpaired) electrons. The lowest BCUT2D eigenvalue weighted by Gasteiger charge is -2.23. The van der Waals surface area contributed by atoms with Crippen LogP contribution in [0.5, 0.6) is 11.5 Å². The van der Waals surface area contributed by atoms with Crippen LogP contribution in [-0.2, 0) is 0 Å². The zero-order valence-corrected chi connectivity index (χ0v) is 12.1. The van der Waals surface area contributed by atoms with Gasteiger partial charge in [-0.2, -0.15) is 0 Å². The molecule has 0 spiro atoms. The second kappa shape index (κ2) is 7.21. The van der Waals surface area contributed by atoms with Crippen LogP contribution in [0, 0.1) is 0 Å². The van der Waals surface area contributed by atoms with Gasteiger partial charge in [0, 0.05) is 6.42 Å². The highest BCUT2D eigenvalue weighted by atomic mass is 35.5. The van der Waals surface area contributed by atoms with Crippen LogP contribution in [0.2, 0.25) is 0 Å². The van der Waals surface area contributed by atoms with Crippen LogP contribution in [-0.4, -0.2) is 55.0 Å². The zero-order chi connectivity index (χ0) is 13.8. The van der Waals surface area contributed by atoms with Gasteiger partial charge in [-0.3, -0.25) is 0 Å². The first-order valence-corrected chi connectivity index (χ1v) is 5.79. The Morgan fingerprint density at radius 1 is 1.32 bits per heavy atom. The van der Waals surface area contributed by atoms with Gasteiger partial charge in [-0.25, -0.2) is 4.79 Å². The van der Waals surface area contributed by atoms with Gasteiger partial charge in [0.25, 0.3) is 0 Å². The predicted molar refractivity (Wildman–Crippen MR) is 68.1 cm³/mol. The molecule has 0 saturated carbocycles. The average molecular weight is 290 g/mol. The number of hydrogen-bond acceptors (Lipinski definition) is 3. The molecule has 0 amide bonds. The minimum absolute atomic E-state index is 0. The van der Waals surface area contributed by atoms with Gasteiger partial charge in [0.15, 0.2) is 11.5 Å². The number of hydrogen-bond donors (Lipinski definition) is 2. The number of nitrogens with zero attached hydrogens (tertiary/aromatic N) is 1. The van der Waals surface area contributed by atoms with Gasteiger partial charge in [0.1, 0.15) is 0 Å². The predicted octanol–water partition coefficient (Wildman–Crippen LogP) is -1.43. The number of carboxylic acid groups (broad SMARTS) is 1. The van der Waals surface area contributed by atoms with Gasteiger partial charge in [-0.1, -0.05) is 0 Å². The molecule has 0 bridgehead atoms. The maximum Gasteiger partial charge on any atom is 0.335 e. The minimum atomic E-state index is -1.04. The van der Waals surface area contributed by atoms with Crippen LogP contribution in [0.1, 0.15) is 16.8 Å². The second-order valence-electron chi connectivity index (χ2n) is 5.20. The van der Waals surface area contributed by atoms with Gasteiger partial charge in [0.2, 0.25) is 0 Å². The number of phenolic OH excluding ortho intramolecular Hbond substituents is 1. The van der Waals surface area contributed by atoms with Crippen LogP contribution >= 0.6 is 0 Å². The zero-order valence-electron chi connectivity index (χ0n) is 11.4. The van der Waals surface area contributed by atoms with Crippen molar-refractivity contribution < 1.29 is 36.6 Å². The van der Waals surface area contributed by atoms with E-state index in [1.165, 1.54) is 18.2 Å². The minimum Gasteiger partial charge on any atom is -1.00 e. The molecule has 0 aliphatic rings. The second-order valence-corrected chi connectivity index (χ2v) is 5.20. The number of quaternary nitrogens is 1. The molecule has 0 fully saturated rings. The molecule has 6 heteroatoms. The summed E-state index contributed by atoms with van der Waals surface area (Å²) in [6, 6.07) is 4.01. The Morgan fingerprint density at radius 3 is 2.47 bits per heavy atom. The van der Waals surface area contributed by atoms with Gasteiger partial charge >= 0.3 is 5.97 Å². The van der Waals surface area contributed by atoms with E-state index in [1.54, 1.807) is 0 Å². The van der Waals surface area contributed by atoms with Crippen LogP contribution < -0.4 is 17.1 Å². The van der Waals surface area contributed by atoms with E-state index in [0.717, 1.165) is 17.4 Å². The standard InChI is InChI=1S/C13H19NO4.ClH/c1-14(2,3)7-4-8-18-12-9-10(13(16)17)5-6-11(12)15;/h5-6,9H,4,7-8H2,1-3H3,(H-,15,16,17);1H. The van der Waals surface area contributed by atoms with E-state index < -0.39 is 5.97 Å². The smallest absolute Gasteiger partial charge is 0.335 e. The molecule has 1 aromatic carbocycles. The third kappa shape index (κ3) is 6.31. The largest absolute Gasteiger partial charge is 1.00 e. The van der Waals surface area contributed by atoms with Crippen LogP contribution in [0.15, 0.2) is 18.2 Å². The molecular weight excluding hydrogens is 270 g/mol. The first-order valence-electron chi connectivity index (χ1n) is 5.79. The lowest BCUT2D eigenvalue weighted by atomic mass is 10.2. The number of rotatable bonds is 6. The summed E-state index contributed by atoms with van der Waals surface area (Å²) >= 11 is 0. The molecule has 0 aliphatic carbocycles. The Hall–Kier alpha value is -1.46. The summed E-state index contributed by atoms with van der Waals surface area (Å²) in [5.41, 5.74) is 0.106. The van der Waals surface area contributed by atoms with Crippen LogP contribution in [0.4, 0.5) is 0 Å². The number of aromatic carboxylic acids is 1. The highest BCUT2D eigenvalue weighted by Crippen LogP contribution is 2.26.